The Labute approximate surface area is 147 Å². The maximum atomic E-state index is 12.1. The van der Waals surface area contributed by atoms with Gasteiger partial charge in [0.25, 0.3) is 0 Å². The van der Waals surface area contributed by atoms with Gasteiger partial charge in [-0.05, 0) is 54.4 Å². The normalized spacial score (nSPS) is 13.6. The van der Waals surface area contributed by atoms with Crippen LogP contribution in [0.15, 0.2) is 47.1 Å². The minimum Gasteiger partial charge on any atom is -0.287 e. The Morgan fingerprint density at radius 3 is 2.12 bits per heavy atom. The van der Waals surface area contributed by atoms with Gasteiger partial charge in [-0.3, -0.25) is 13.6 Å². The van der Waals surface area contributed by atoms with E-state index in [1.807, 2.05) is 25.2 Å². The second-order valence-electron chi connectivity index (χ2n) is 5.72. The van der Waals surface area contributed by atoms with Gasteiger partial charge in [0.1, 0.15) is 0 Å². The first-order valence-electron chi connectivity index (χ1n) is 8.50. The summed E-state index contributed by atoms with van der Waals surface area (Å²) < 4.78 is 27.5. The lowest BCUT2D eigenvalue weighted by Crippen LogP contribution is -2.00. The molecule has 0 aromatic heterocycles. The Balaban J connectivity index is 4.39. The van der Waals surface area contributed by atoms with E-state index in [-0.39, 0.29) is 19.8 Å². The van der Waals surface area contributed by atoms with Crippen LogP contribution in [-0.4, -0.2) is 19.8 Å². The zero-order valence-corrected chi connectivity index (χ0v) is 16.9. The first-order chi connectivity index (χ1) is 11.3. The van der Waals surface area contributed by atoms with E-state index in [0.717, 1.165) is 18.4 Å². The van der Waals surface area contributed by atoms with E-state index >= 15 is 0 Å². The summed E-state index contributed by atoms with van der Waals surface area (Å²) in [6.45, 7) is 12.6. The van der Waals surface area contributed by atoms with E-state index in [1.54, 1.807) is 13.8 Å². The zero-order valence-electron chi connectivity index (χ0n) is 16.0. The minimum absolute atomic E-state index is 0.191. The van der Waals surface area contributed by atoms with Crippen molar-refractivity contribution in [2.45, 2.75) is 54.4 Å². The lowest BCUT2D eigenvalue weighted by Gasteiger charge is -2.15. The van der Waals surface area contributed by atoms with Crippen LogP contribution in [0.25, 0.3) is 0 Å². The number of hydrogen-bond acceptors (Lipinski definition) is 4. The van der Waals surface area contributed by atoms with Crippen LogP contribution in [0.2, 0.25) is 0 Å². The third-order valence-electron chi connectivity index (χ3n) is 3.04. The predicted octanol–water partition coefficient (Wildman–Crippen LogP) is 6.38. The molecule has 0 radical (unpaired) electrons. The average Bonchev–Trinajstić information content (AvgIpc) is 2.47. The fraction of sp³-hybridized carbons (Fsp3) is 0.579. The molecule has 0 aromatic rings. The van der Waals surface area contributed by atoms with Gasteiger partial charge >= 0.3 is 7.82 Å². The minimum atomic E-state index is -3.42. The Kier molecular flexibility index (Phi) is 12.9. The lowest BCUT2D eigenvalue weighted by atomic mass is 10.1. The summed E-state index contributed by atoms with van der Waals surface area (Å²) in [5, 5.41) is 0. The summed E-state index contributed by atoms with van der Waals surface area (Å²) >= 11 is 0. The molecule has 4 nitrogen and oxygen atoms in total. The molecular weight excluding hydrogens is 323 g/mol. The van der Waals surface area contributed by atoms with Crippen LogP contribution < -0.4 is 0 Å². The molecule has 0 aliphatic carbocycles. The maximum absolute atomic E-state index is 12.1. The fourth-order valence-corrected chi connectivity index (χ4v) is 2.91. The number of allylic oxidation sites excluding steroid dienone is 7. The van der Waals surface area contributed by atoms with Gasteiger partial charge in [-0.25, -0.2) is 4.57 Å². The Morgan fingerprint density at radius 1 is 0.958 bits per heavy atom. The van der Waals surface area contributed by atoms with Gasteiger partial charge in [-0.2, -0.15) is 0 Å². The van der Waals surface area contributed by atoms with Gasteiger partial charge in [0.15, 0.2) is 0 Å². The van der Waals surface area contributed by atoms with Crippen molar-refractivity contribution in [2.24, 2.45) is 0 Å². The molecule has 0 fully saturated rings. The lowest BCUT2D eigenvalue weighted by molar-refractivity contribution is 0.131. The number of phosphoric ester groups is 1. The molecule has 0 saturated carbocycles. The Morgan fingerprint density at radius 2 is 1.58 bits per heavy atom. The van der Waals surface area contributed by atoms with E-state index in [2.05, 4.69) is 32.9 Å². The van der Waals surface area contributed by atoms with Crippen molar-refractivity contribution < 1.29 is 18.1 Å². The van der Waals surface area contributed by atoms with Gasteiger partial charge in [0.2, 0.25) is 0 Å². The van der Waals surface area contributed by atoms with Crippen molar-refractivity contribution in [1.29, 1.82) is 0 Å². The molecule has 0 aliphatic rings. The van der Waals surface area contributed by atoms with Crippen LogP contribution in [0, 0.1) is 0 Å². The molecule has 0 unspecified atom stereocenters. The monoisotopic (exact) mass is 356 g/mol. The molecule has 0 spiro atoms. The van der Waals surface area contributed by atoms with Crippen molar-refractivity contribution in [1.82, 2.24) is 0 Å². The molecule has 0 atom stereocenters. The Bertz CT molecular complexity index is 501. The molecule has 0 aromatic carbocycles. The van der Waals surface area contributed by atoms with Gasteiger partial charge in [-0.1, -0.05) is 47.1 Å². The predicted molar refractivity (Wildman–Crippen MR) is 102 cm³/mol. The van der Waals surface area contributed by atoms with Crippen LogP contribution in [0.5, 0.6) is 0 Å². The van der Waals surface area contributed by atoms with E-state index < -0.39 is 7.82 Å². The molecule has 0 bridgehead atoms. The zero-order chi connectivity index (χ0) is 18.4. The highest BCUT2D eigenvalue weighted by Gasteiger charge is 2.24. The quantitative estimate of drug-likeness (QED) is 0.231. The first-order valence-corrected chi connectivity index (χ1v) is 9.96. The highest BCUT2D eigenvalue weighted by molar-refractivity contribution is 7.48. The molecule has 0 amide bonds. The molecule has 0 N–H and O–H groups in total. The second-order valence-corrected chi connectivity index (χ2v) is 7.39. The van der Waals surface area contributed by atoms with Crippen molar-refractivity contribution in [3.8, 4) is 0 Å². The molecule has 0 rings (SSSR count). The highest BCUT2D eigenvalue weighted by atomic mass is 31.2. The van der Waals surface area contributed by atoms with Gasteiger partial charge in [0, 0.05) is 0 Å². The number of hydrogen-bond donors (Lipinski definition) is 0. The third kappa shape index (κ3) is 12.5. The molecule has 5 heteroatoms. The van der Waals surface area contributed by atoms with Crippen molar-refractivity contribution in [3.63, 3.8) is 0 Å². The maximum Gasteiger partial charge on any atom is 0.475 e. The summed E-state index contributed by atoms with van der Waals surface area (Å²) in [6.07, 6.45) is 12.4. The first kappa shape index (κ1) is 23.1. The van der Waals surface area contributed by atoms with E-state index in [9.17, 15) is 4.57 Å². The standard InChI is InChI=1S/C19H33O4P/c1-7-21-24(20,22-8-2)23-16-15-19(6)14-10-13-18(5)12-9-11-17(3)4/h10-11,13-15H,7-9,12,16H2,1-6H3. The molecule has 0 heterocycles. The van der Waals surface area contributed by atoms with E-state index in [1.165, 1.54) is 11.1 Å². The fourth-order valence-electron chi connectivity index (χ4n) is 1.79. The molecule has 138 valence electrons. The van der Waals surface area contributed by atoms with Crippen molar-refractivity contribution in [3.05, 3.63) is 47.1 Å². The number of rotatable bonds is 12. The SMILES string of the molecule is CCOP(=O)(OCC)OCC=C(C)C=CC=C(C)CCC=C(C)C. The van der Waals surface area contributed by atoms with Crippen LogP contribution in [0.4, 0.5) is 0 Å². The third-order valence-corrected chi connectivity index (χ3v) is 4.66. The number of phosphoric acid groups is 1. The van der Waals surface area contributed by atoms with Gasteiger partial charge in [-0.15, -0.1) is 0 Å². The summed E-state index contributed by atoms with van der Waals surface area (Å²) in [5.74, 6) is 0. The topological polar surface area (TPSA) is 44.8 Å². The molecular formula is C19H33O4P. The van der Waals surface area contributed by atoms with Crippen molar-refractivity contribution >= 4 is 7.82 Å². The van der Waals surface area contributed by atoms with E-state index in [4.69, 9.17) is 13.6 Å². The second kappa shape index (κ2) is 13.4. The highest BCUT2D eigenvalue weighted by Crippen LogP contribution is 2.49. The van der Waals surface area contributed by atoms with Crippen molar-refractivity contribution in [2.75, 3.05) is 19.8 Å². The summed E-state index contributed by atoms with van der Waals surface area (Å²) in [5.41, 5.74) is 3.72. The Hall–Kier alpha value is -0.930. The summed E-state index contributed by atoms with van der Waals surface area (Å²) in [7, 11) is -3.42. The van der Waals surface area contributed by atoms with Crippen LogP contribution in [0.1, 0.15) is 54.4 Å². The average molecular weight is 356 g/mol. The summed E-state index contributed by atoms with van der Waals surface area (Å²) in [4.78, 5) is 0. The molecule has 0 saturated heterocycles. The van der Waals surface area contributed by atoms with Gasteiger partial charge in [0.05, 0.1) is 19.8 Å². The molecule has 0 aliphatic heterocycles. The van der Waals surface area contributed by atoms with Crippen LogP contribution in [0.3, 0.4) is 0 Å². The van der Waals surface area contributed by atoms with E-state index in [0.29, 0.717) is 0 Å². The smallest absolute Gasteiger partial charge is 0.287 e. The molecule has 24 heavy (non-hydrogen) atoms. The summed E-state index contributed by atoms with van der Waals surface area (Å²) in [6, 6.07) is 0. The largest absolute Gasteiger partial charge is 0.475 e. The van der Waals surface area contributed by atoms with Gasteiger partial charge < -0.3 is 0 Å². The van der Waals surface area contributed by atoms with Crippen LogP contribution >= 0.6 is 7.82 Å². The van der Waals surface area contributed by atoms with Crippen LogP contribution in [-0.2, 0) is 18.1 Å².